The fraction of sp³-hybridized carbons (Fsp3) is 0.400. The molecule has 4 nitrogen and oxygen atoms in total. The van der Waals surface area contributed by atoms with Gasteiger partial charge < -0.3 is 14.8 Å². The zero-order valence-electron chi connectivity index (χ0n) is 11.6. The molecule has 1 N–H and O–H groups in total. The lowest BCUT2D eigenvalue weighted by molar-refractivity contribution is -0.117. The van der Waals surface area contributed by atoms with Crippen molar-refractivity contribution in [1.29, 1.82) is 0 Å². The minimum Gasteiger partial charge on any atom is -0.449 e. The summed E-state index contributed by atoms with van der Waals surface area (Å²) in [6.07, 6.45) is 0.746. The van der Waals surface area contributed by atoms with E-state index in [1.807, 2.05) is 32.0 Å². The van der Waals surface area contributed by atoms with Crippen LogP contribution in [0.1, 0.15) is 26.3 Å². The van der Waals surface area contributed by atoms with Crippen molar-refractivity contribution in [2.24, 2.45) is 0 Å². The predicted octanol–water partition coefficient (Wildman–Crippen LogP) is 2.43. The van der Waals surface area contributed by atoms with E-state index < -0.39 is 5.79 Å². The quantitative estimate of drug-likeness (QED) is 0.847. The third kappa shape index (κ3) is 3.28. The monoisotopic (exact) mass is 261 g/mol. The standard InChI is InChI=1S/C15H19NO3/c1-10(2)14(17)16-8-7-11-5-6-12-13(9-11)19-15(3,4)18-12/h5-6,9H,1,7-8H2,2-4H3,(H,16,17). The lowest BCUT2D eigenvalue weighted by Crippen LogP contribution is -2.29. The summed E-state index contributed by atoms with van der Waals surface area (Å²) >= 11 is 0. The molecular weight excluding hydrogens is 242 g/mol. The highest BCUT2D eigenvalue weighted by molar-refractivity contribution is 5.92. The van der Waals surface area contributed by atoms with Gasteiger partial charge in [-0.25, -0.2) is 0 Å². The zero-order valence-corrected chi connectivity index (χ0v) is 11.6. The van der Waals surface area contributed by atoms with Crippen molar-refractivity contribution in [3.8, 4) is 11.5 Å². The van der Waals surface area contributed by atoms with Crippen LogP contribution in [0, 0.1) is 0 Å². The van der Waals surface area contributed by atoms with Crippen LogP contribution >= 0.6 is 0 Å². The Balaban J connectivity index is 1.94. The van der Waals surface area contributed by atoms with Crippen molar-refractivity contribution in [2.75, 3.05) is 6.54 Å². The smallest absolute Gasteiger partial charge is 0.246 e. The molecule has 0 saturated carbocycles. The molecule has 1 aromatic rings. The number of ether oxygens (including phenoxy) is 2. The Labute approximate surface area is 113 Å². The van der Waals surface area contributed by atoms with Gasteiger partial charge in [-0.15, -0.1) is 0 Å². The van der Waals surface area contributed by atoms with E-state index in [2.05, 4.69) is 11.9 Å². The first-order valence-corrected chi connectivity index (χ1v) is 6.32. The number of benzene rings is 1. The van der Waals surface area contributed by atoms with Crippen molar-refractivity contribution in [3.05, 3.63) is 35.9 Å². The zero-order chi connectivity index (χ0) is 14.0. The average molecular weight is 261 g/mol. The Morgan fingerprint density at radius 3 is 2.68 bits per heavy atom. The second-order valence-corrected chi connectivity index (χ2v) is 5.17. The second-order valence-electron chi connectivity index (χ2n) is 5.17. The van der Waals surface area contributed by atoms with Crippen molar-refractivity contribution in [1.82, 2.24) is 5.32 Å². The summed E-state index contributed by atoms with van der Waals surface area (Å²) in [6.45, 7) is 9.62. The summed E-state index contributed by atoms with van der Waals surface area (Å²) in [5.41, 5.74) is 1.62. The fourth-order valence-corrected chi connectivity index (χ4v) is 1.89. The van der Waals surface area contributed by atoms with E-state index in [1.165, 1.54) is 0 Å². The summed E-state index contributed by atoms with van der Waals surface area (Å²) in [6, 6.07) is 5.84. The maximum atomic E-state index is 11.4. The SMILES string of the molecule is C=C(C)C(=O)NCCc1ccc2c(c1)OC(C)(C)O2. The van der Waals surface area contributed by atoms with Crippen LogP contribution in [0.3, 0.4) is 0 Å². The number of rotatable bonds is 4. The number of carbonyl (C=O) groups excluding carboxylic acids is 1. The first kappa shape index (κ1) is 13.5. The number of nitrogens with one attached hydrogen (secondary N) is 1. The van der Waals surface area contributed by atoms with Crippen LogP contribution in [-0.4, -0.2) is 18.2 Å². The van der Waals surface area contributed by atoms with Gasteiger partial charge in [0.05, 0.1) is 0 Å². The Morgan fingerprint density at radius 1 is 1.32 bits per heavy atom. The summed E-state index contributed by atoms with van der Waals surface area (Å²) in [4.78, 5) is 11.4. The topological polar surface area (TPSA) is 47.6 Å². The van der Waals surface area contributed by atoms with E-state index in [4.69, 9.17) is 9.47 Å². The van der Waals surface area contributed by atoms with Crippen molar-refractivity contribution in [3.63, 3.8) is 0 Å². The minimum atomic E-state index is -0.602. The molecule has 1 aliphatic heterocycles. The first-order valence-electron chi connectivity index (χ1n) is 6.32. The van der Waals surface area contributed by atoms with Gasteiger partial charge in [-0.2, -0.15) is 0 Å². The molecule has 0 atom stereocenters. The number of hydrogen-bond donors (Lipinski definition) is 1. The highest BCUT2D eigenvalue weighted by atomic mass is 16.7. The largest absolute Gasteiger partial charge is 0.449 e. The number of fused-ring (bicyclic) bond motifs is 1. The normalized spacial score (nSPS) is 15.1. The molecule has 0 aliphatic carbocycles. The van der Waals surface area contributed by atoms with E-state index in [0.717, 1.165) is 23.5 Å². The van der Waals surface area contributed by atoms with Crippen molar-refractivity contribution < 1.29 is 14.3 Å². The first-order chi connectivity index (χ1) is 8.87. The molecule has 1 aliphatic rings. The molecular formula is C15H19NO3. The van der Waals surface area contributed by atoms with Gasteiger partial charge >= 0.3 is 0 Å². The van der Waals surface area contributed by atoms with Gasteiger partial charge in [0.2, 0.25) is 11.7 Å². The Morgan fingerprint density at radius 2 is 2.00 bits per heavy atom. The average Bonchev–Trinajstić information content (AvgIpc) is 2.61. The highest BCUT2D eigenvalue weighted by Crippen LogP contribution is 2.39. The van der Waals surface area contributed by atoms with Crippen LogP contribution in [0.15, 0.2) is 30.4 Å². The van der Waals surface area contributed by atoms with Crippen LogP contribution in [0.25, 0.3) is 0 Å². The van der Waals surface area contributed by atoms with Gasteiger partial charge in [-0.05, 0) is 31.0 Å². The summed E-state index contributed by atoms with van der Waals surface area (Å²) in [5, 5.41) is 2.80. The number of amides is 1. The Hall–Kier alpha value is -1.97. The van der Waals surface area contributed by atoms with E-state index in [9.17, 15) is 4.79 Å². The molecule has 1 heterocycles. The number of carbonyl (C=O) groups is 1. The van der Waals surface area contributed by atoms with E-state index in [0.29, 0.717) is 12.1 Å². The third-order valence-corrected chi connectivity index (χ3v) is 2.81. The fourth-order valence-electron chi connectivity index (χ4n) is 1.89. The minimum absolute atomic E-state index is 0.109. The maximum Gasteiger partial charge on any atom is 0.246 e. The van der Waals surface area contributed by atoms with Crippen molar-refractivity contribution >= 4 is 5.91 Å². The molecule has 4 heteroatoms. The summed E-state index contributed by atoms with van der Waals surface area (Å²) in [7, 11) is 0. The van der Waals surface area contributed by atoms with Crippen LogP contribution in [-0.2, 0) is 11.2 Å². The Bertz CT molecular complexity index is 520. The maximum absolute atomic E-state index is 11.4. The molecule has 0 unspecified atom stereocenters. The van der Waals surface area contributed by atoms with Crippen LogP contribution in [0.5, 0.6) is 11.5 Å². The third-order valence-electron chi connectivity index (χ3n) is 2.81. The molecule has 102 valence electrons. The van der Waals surface area contributed by atoms with Crippen LogP contribution in [0.2, 0.25) is 0 Å². The van der Waals surface area contributed by atoms with Gasteiger partial charge in [0.15, 0.2) is 11.5 Å². The molecule has 0 fully saturated rings. The van der Waals surface area contributed by atoms with Crippen molar-refractivity contribution in [2.45, 2.75) is 33.0 Å². The highest BCUT2D eigenvalue weighted by Gasteiger charge is 2.31. The van der Waals surface area contributed by atoms with Gasteiger partial charge in [0, 0.05) is 26.0 Å². The van der Waals surface area contributed by atoms with Crippen LogP contribution in [0.4, 0.5) is 0 Å². The molecule has 0 spiro atoms. The lowest BCUT2D eigenvalue weighted by atomic mass is 10.1. The molecule has 19 heavy (non-hydrogen) atoms. The molecule has 0 radical (unpaired) electrons. The predicted molar refractivity (Wildman–Crippen MR) is 73.3 cm³/mol. The van der Waals surface area contributed by atoms with E-state index in [1.54, 1.807) is 6.92 Å². The Kier molecular flexibility index (Phi) is 3.51. The van der Waals surface area contributed by atoms with Crippen LogP contribution < -0.4 is 14.8 Å². The van der Waals surface area contributed by atoms with Gasteiger partial charge in [-0.3, -0.25) is 4.79 Å². The summed E-state index contributed by atoms with van der Waals surface area (Å²) in [5.74, 6) is 0.810. The molecule has 2 rings (SSSR count). The molecule has 1 amide bonds. The molecule has 0 bridgehead atoms. The molecule has 0 saturated heterocycles. The van der Waals surface area contributed by atoms with Gasteiger partial charge in [-0.1, -0.05) is 12.6 Å². The second kappa shape index (κ2) is 4.96. The van der Waals surface area contributed by atoms with E-state index >= 15 is 0 Å². The van der Waals surface area contributed by atoms with Gasteiger partial charge in [0.25, 0.3) is 0 Å². The lowest BCUT2D eigenvalue weighted by Gasteiger charge is -2.16. The van der Waals surface area contributed by atoms with E-state index in [-0.39, 0.29) is 5.91 Å². The molecule has 1 aromatic carbocycles. The molecule has 0 aromatic heterocycles. The van der Waals surface area contributed by atoms with Gasteiger partial charge in [0.1, 0.15) is 0 Å². The number of hydrogen-bond acceptors (Lipinski definition) is 3. The summed E-state index contributed by atoms with van der Waals surface area (Å²) < 4.78 is 11.3.